The first-order valence-corrected chi connectivity index (χ1v) is 4.63. The molecule has 0 aliphatic heterocycles. The molecular formula is C9H18N2O. The van der Waals surface area contributed by atoms with Crippen molar-refractivity contribution >= 4 is 5.91 Å². The van der Waals surface area contributed by atoms with Crippen molar-refractivity contribution in [3.8, 4) is 0 Å². The Kier molecular flexibility index (Phi) is 2.73. The molecule has 1 fully saturated rings. The van der Waals surface area contributed by atoms with Crippen LogP contribution < -0.4 is 11.1 Å². The molecule has 1 aliphatic carbocycles. The van der Waals surface area contributed by atoms with Crippen molar-refractivity contribution in [1.82, 2.24) is 5.32 Å². The number of nitrogens with one attached hydrogen (secondary N) is 1. The van der Waals surface area contributed by atoms with Crippen molar-refractivity contribution in [3.05, 3.63) is 0 Å². The molecule has 70 valence electrons. The lowest BCUT2D eigenvalue weighted by Crippen LogP contribution is -2.53. The molecule has 0 radical (unpaired) electrons. The number of carbonyl (C=O) groups is 1. The summed E-state index contributed by atoms with van der Waals surface area (Å²) in [4.78, 5) is 11.0. The van der Waals surface area contributed by atoms with Gasteiger partial charge in [-0.2, -0.15) is 0 Å². The van der Waals surface area contributed by atoms with E-state index in [1.807, 2.05) is 13.8 Å². The third-order valence-electron chi connectivity index (χ3n) is 2.73. The van der Waals surface area contributed by atoms with Gasteiger partial charge >= 0.3 is 0 Å². The molecule has 12 heavy (non-hydrogen) atoms. The summed E-state index contributed by atoms with van der Waals surface area (Å²) < 4.78 is 0. The Labute approximate surface area is 73.7 Å². The third kappa shape index (κ3) is 2.21. The number of amides is 1. The first-order valence-electron chi connectivity index (χ1n) is 4.63. The SMILES string of the molecule is CCC(C)(NCC1CC1)C(N)=O. The largest absolute Gasteiger partial charge is 0.368 e. The van der Waals surface area contributed by atoms with Crippen LogP contribution in [0.3, 0.4) is 0 Å². The van der Waals surface area contributed by atoms with Crippen LogP contribution in [0.1, 0.15) is 33.1 Å². The van der Waals surface area contributed by atoms with E-state index < -0.39 is 5.54 Å². The van der Waals surface area contributed by atoms with Gasteiger partial charge in [-0.25, -0.2) is 0 Å². The number of hydrogen-bond acceptors (Lipinski definition) is 2. The van der Waals surface area contributed by atoms with Crippen LogP contribution in [0.15, 0.2) is 0 Å². The van der Waals surface area contributed by atoms with E-state index in [2.05, 4.69) is 5.32 Å². The van der Waals surface area contributed by atoms with Gasteiger partial charge < -0.3 is 11.1 Å². The average Bonchev–Trinajstić information content (AvgIpc) is 2.83. The zero-order valence-electron chi connectivity index (χ0n) is 7.89. The lowest BCUT2D eigenvalue weighted by Gasteiger charge is -2.25. The standard InChI is InChI=1S/C9H18N2O/c1-3-9(2,8(10)12)11-6-7-4-5-7/h7,11H,3-6H2,1-2H3,(H2,10,12). The zero-order chi connectivity index (χ0) is 9.19. The summed E-state index contributed by atoms with van der Waals surface area (Å²) in [6.45, 7) is 4.79. The van der Waals surface area contributed by atoms with Gasteiger partial charge in [0, 0.05) is 0 Å². The molecule has 0 aromatic heterocycles. The second kappa shape index (κ2) is 3.44. The van der Waals surface area contributed by atoms with Gasteiger partial charge in [0.2, 0.25) is 5.91 Å². The van der Waals surface area contributed by atoms with E-state index in [0.717, 1.165) is 18.9 Å². The van der Waals surface area contributed by atoms with Crippen LogP contribution >= 0.6 is 0 Å². The molecule has 3 N–H and O–H groups in total. The van der Waals surface area contributed by atoms with Gasteiger partial charge in [-0.05, 0) is 38.6 Å². The summed E-state index contributed by atoms with van der Waals surface area (Å²) in [6, 6.07) is 0. The van der Waals surface area contributed by atoms with E-state index in [9.17, 15) is 4.79 Å². The monoisotopic (exact) mass is 170 g/mol. The maximum absolute atomic E-state index is 11.0. The quantitative estimate of drug-likeness (QED) is 0.636. The van der Waals surface area contributed by atoms with E-state index in [-0.39, 0.29) is 5.91 Å². The first kappa shape index (κ1) is 9.52. The Morgan fingerprint density at radius 1 is 1.67 bits per heavy atom. The highest BCUT2D eigenvalue weighted by atomic mass is 16.1. The molecular weight excluding hydrogens is 152 g/mol. The minimum absolute atomic E-state index is 0.245. The van der Waals surface area contributed by atoms with E-state index >= 15 is 0 Å². The molecule has 1 saturated carbocycles. The highest BCUT2D eigenvalue weighted by Crippen LogP contribution is 2.28. The van der Waals surface area contributed by atoms with Crippen molar-refractivity contribution in [3.63, 3.8) is 0 Å². The van der Waals surface area contributed by atoms with Crippen LogP contribution in [-0.2, 0) is 4.79 Å². The number of hydrogen-bond donors (Lipinski definition) is 2. The molecule has 0 heterocycles. The minimum Gasteiger partial charge on any atom is -0.368 e. The van der Waals surface area contributed by atoms with Crippen LogP contribution in [0.4, 0.5) is 0 Å². The van der Waals surface area contributed by atoms with Gasteiger partial charge in [0.15, 0.2) is 0 Å². The normalized spacial score (nSPS) is 21.8. The Bertz CT molecular complexity index is 177. The van der Waals surface area contributed by atoms with E-state index in [1.165, 1.54) is 12.8 Å². The summed E-state index contributed by atoms with van der Waals surface area (Å²) in [5, 5.41) is 3.23. The predicted molar refractivity (Wildman–Crippen MR) is 48.6 cm³/mol. The Balaban J connectivity index is 2.36. The summed E-state index contributed by atoms with van der Waals surface area (Å²) in [7, 11) is 0. The fraction of sp³-hybridized carbons (Fsp3) is 0.889. The number of nitrogens with two attached hydrogens (primary N) is 1. The second-order valence-corrected chi connectivity index (χ2v) is 3.87. The van der Waals surface area contributed by atoms with E-state index in [4.69, 9.17) is 5.73 Å². The van der Waals surface area contributed by atoms with Crippen LogP contribution in [0, 0.1) is 5.92 Å². The Morgan fingerprint density at radius 2 is 2.25 bits per heavy atom. The van der Waals surface area contributed by atoms with Gasteiger partial charge in [0.05, 0.1) is 5.54 Å². The molecule has 1 rings (SSSR count). The van der Waals surface area contributed by atoms with Crippen molar-refractivity contribution in [2.24, 2.45) is 11.7 Å². The molecule has 1 unspecified atom stereocenters. The maximum Gasteiger partial charge on any atom is 0.237 e. The predicted octanol–water partition coefficient (Wildman–Crippen LogP) is 0.640. The van der Waals surface area contributed by atoms with Crippen molar-refractivity contribution in [2.75, 3.05) is 6.54 Å². The van der Waals surface area contributed by atoms with Gasteiger partial charge in [-0.15, -0.1) is 0 Å². The van der Waals surface area contributed by atoms with Gasteiger partial charge in [-0.3, -0.25) is 4.79 Å². The molecule has 0 aromatic carbocycles. The van der Waals surface area contributed by atoms with Crippen LogP contribution in [0.5, 0.6) is 0 Å². The van der Waals surface area contributed by atoms with Gasteiger partial charge in [0.25, 0.3) is 0 Å². The molecule has 1 atom stereocenters. The number of primary amides is 1. The first-order chi connectivity index (χ1) is 5.58. The lowest BCUT2D eigenvalue weighted by atomic mass is 9.98. The molecule has 1 aliphatic rings. The van der Waals surface area contributed by atoms with Crippen LogP contribution in [0.25, 0.3) is 0 Å². The van der Waals surface area contributed by atoms with Crippen molar-refractivity contribution < 1.29 is 4.79 Å². The molecule has 1 amide bonds. The molecule has 0 aromatic rings. The molecule has 3 heteroatoms. The smallest absolute Gasteiger partial charge is 0.237 e. The topological polar surface area (TPSA) is 55.1 Å². The Morgan fingerprint density at radius 3 is 2.58 bits per heavy atom. The molecule has 0 bridgehead atoms. The molecule has 3 nitrogen and oxygen atoms in total. The molecule has 0 spiro atoms. The summed E-state index contributed by atoms with van der Waals surface area (Å²) in [6.07, 6.45) is 3.35. The fourth-order valence-corrected chi connectivity index (χ4v) is 1.08. The number of rotatable bonds is 5. The summed E-state index contributed by atoms with van der Waals surface area (Å²) in [5.74, 6) is 0.542. The van der Waals surface area contributed by atoms with E-state index in [1.54, 1.807) is 0 Å². The fourth-order valence-electron chi connectivity index (χ4n) is 1.08. The Hall–Kier alpha value is -0.570. The summed E-state index contributed by atoms with van der Waals surface area (Å²) in [5.41, 5.74) is 4.79. The summed E-state index contributed by atoms with van der Waals surface area (Å²) >= 11 is 0. The van der Waals surface area contributed by atoms with Gasteiger partial charge in [0.1, 0.15) is 0 Å². The maximum atomic E-state index is 11.0. The van der Waals surface area contributed by atoms with Crippen molar-refractivity contribution in [2.45, 2.75) is 38.6 Å². The van der Waals surface area contributed by atoms with E-state index in [0.29, 0.717) is 0 Å². The highest BCUT2D eigenvalue weighted by molar-refractivity contribution is 5.84. The van der Waals surface area contributed by atoms with Gasteiger partial charge in [-0.1, -0.05) is 6.92 Å². The van der Waals surface area contributed by atoms with Crippen LogP contribution in [-0.4, -0.2) is 18.0 Å². The third-order valence-corrected chi connectivity index (χ3v) is 2.73. The number of carbonyl (C=O) groups excluding carboxylic acids is 1. The molecule has 0 saturated heterocycles. The zero-order valence-corrected chi connectivity index (χ0v) is 7.89. The highest BCUT2D eigenvalue weighted by Gasteiger charge is 2.31. The minimum atomic E-state index is -0.497. The average molecular weight is 170 g/mol. The van der Waals surface area contributed by atoms with Crippen molar-refractivity contribution in [1.29, 1.82) is 0 Å². The second-order valence-electron chi connectivity index (χ2n) is 3.87. The van der Waals surface area contributed by atoms with Crippen LogP contribution in [0.2, 0.25) is 0 Å². The lowest BCUT2D eigenvalue weighted by molar-refractivity contribution is -0.123.